The number of nitrogens with zero attached hydrogens (tertiary/aromatic N) is 3. The Morgan fingerprint density at radius 2 is 2.03 bits per heavy atom. The summed E-state index contributed by atoms with van der Waals surface area (Å²) in [6, 6.07) is 3.31. The number of alkyl halides is 3. The highest BCUT2D eigenvalue weighted by Crippen LogP contribution is 2.59. The molecule has 1 aromatic carbocycles. The molecule has 0 radical (unpaired) electrons. The maximum Gasteiger partial charge on any atom is 0.425 e. The van der Waals surface area contributed by atoms with E-state index in [1.807, 2.05) is 0 Å². The Labute approximate surface area is 194 Å². The molecule has 0 N–H and O–H groups in total. The van der Waals surface area contributed by atoms with Crippen LogP contribution in [0, 0.1) is 5.92 Å². The number of likely N-dealkylation sites (tertiary alicyclic amines) is 1. The number of ether oxygens (including phenoxy) is 1. The molecule has 1 aromatic heterocycles. The molecule has 2 aromatic rings. The Hall–Kier alpha value is -2.63. The van der Waals surface area contributed by atoms with Crippen LogP contribution in [0.15, 0.2) is 27.6 Å². The molecule has 3 fully saturated rings. The number of amides is 1. The summed E-state index contributed by atoms with van der Waals surface area (Å²) < 4.78 is 73.8. The molecular weight excluding hydrogens is 475 g/mol. The van der Waals surface area contributed by atoms with E-state index in [0.717, 1.165) is 50.6 Å². The predicted molar refractivity (Wildman–Crippen MR) is 112 cm³/mol. The number of hydrogen-bond acceptors (Lipinski definition) is 7. The van der Waals surface area contributed by atoms with Gasteiger partial charge in [-0.05, 0) is 50.3 Å². The van der Waals surface area contributed by atoms with Crippen LogP contribution in [-0.4, -0.2) is 61.0 Å². The monoisotopic (exact) mass is 499 g/mol. The maximum absolute atomic E-state index is 13.4. The lowest BCUT2D eigenvalue weighted by Crippen LogP contribution is -2.35. The lowest BCUT2D eigenvalue weighted by Gasteiger charge is -2.24. The number of piperidine rings is 1. The number of carbonyl (C=O) groups is 1. The van der Waals surface area contributed by atoms with E-state index >= 15 is 0 Å². The van der Waals surface area contributed by atoms with Gasteiger partial charge in [0, 0.05) is 24.8 Å². The standard InChI is InChI=1S/C22H24F3N3O5S/c1-12(22(23,24)25)32-16-5-4-14(34(3,30)31)8-15(16)17(29)28-10-13-9-21(13,11-28)18-26-19(33-27-18)20(2)6-7-20/h4-5,8,12-13H,6-7,9-11H2,1-3H3. The second-order valence-electron chi connectivity index (χ2n) is 9.96. The van der Waals surface area contributed by atoms with Gasteiger partial charge in [-0.1, -0.05) is 12.1 Å². The second kappa shape index (κ2) is 7.19. The highest BCUT2D eigenvalue weighted by molar-refractivity contribution is 7.90. The van der Waals surface area contributed by atoms with Gasteiger partial charge in [0.2, 0.25) is 5.89 Å². The molecule has 0 bridgehead atoms. The fourth-order valence-corrected chi connectivity index (χ4v) is 5.14. The minimum absolute atomic E-state index is 0.0894. The predicted octanol–water partition coefficient (Wildman–Crippen LogP) is 3.27. The average Bonchev–Trinajstić information content (AvgIpc) is 3.52. The zero-order chi connectivity index (χ0) is 24.7. The van der Waals surface area contributed by atoms with Gasteiger partial charge in [0.15, 0.2) is 21.8 Å². The summed E-state index contributed by atoms with van der Waals surface area (Å²) in [5.41, 5.74) is -0.764. The molecule has 3 unspecified atom stereocenters. The molecule has 0 spiro atoms. The van der Waals surface area contributed by atoms with Crippen molar-refractivity contribution in [1.82, 2.24) is 15.0 Å². The van der Waals surface area contributed by atoms with Crippen LogP contribution < -0.4 is 4.74 Å². The van der Waals surface area contributed by atoms with Crippen LogP contribution in [0.4, 0.5) is 13.2 Å². The van der Waals surface area contributed by atoms with Crippen molar-refractivity contribution in [1.29, 1.82) is 0 Å². The number of rotatable bonds is 6. The fraction of sp³-hybridized carbons (Fsp3) is 0.591. The third kappa shape index (κ3) is 3.85. The molecule has 1 amide bonds. The third-order valence-corrected chi connectivity index (χ3v) is 8.31. The van der Waals surface area contributed by atoms with E-state index in [1.165, 1.54) is 4.90 Å². The normalized spacial score (nSPS) is 26.2. The molecule has 1 saturated heterocycles. The topological polar surface area (TPSA) is 103 Å². The Kier molecular flexibility index (Phi) is 4.89. The first-order valence-electron chi connectivity index (χ1n) is 10.9. The summed E-state index contributed by atoms with van der Waals surface area (Å²) in [6.07, 6.45) is -3.13. The number of sulfone groups is 1. The van der Waals surface area contributed by atoms with Crippen molar-refractivity contribution in [3.05, 3.63) is 35.5 Å². The second-order valence-corrected chi connectivity index (χ2v) is 12.0. The summed E-state index contributed by atoms with van der Waals surface area (Å²) in [7, 11) is -3.70. The molecule has 3 atom stereocenters. The number of carbonyl (C=O) groups excluding carboxylic acids is 1. The highest BCUT2D eigenvalue weighted by Gasteiger charge is 2.65. The van der Waals surface area contributed by atoms with Gasteiger partial charge in [-0.25, -0.2) is 8.42 Å². The largest absolute Gasteiger partial charge is 0.480 e. The molecule has 184 valence electrons. The number of aromatic nitrogens is 2. The summed E-state index contributed by atoms with van der Waals surface area (Å²) in [5, 5.41) is 4.16. The molecule has 2 heterocycles. The van der Waals surface area contributed by atoms with E-state index in [4.69, 9.17) is 9.26 Å². The van der Waals surface area contributed by atoms with E-state index in [1.54, 1.807) is 0 Å². The van der Waals surface area contributed by atoms with E-state index in [-0.39, 0.29) is 34.1 Å². The SMILES string of the molecule is CC(Oc1ccc(S(C)(=O)=O)cc1C(=O)N1CC2CC2(c2noc(C3(C)CC3)n2)C1)C(F)(F)F. The summed E-state index contributed by atoms with van der Waals surface area (Å²) >= 11 is 0. The van der Waals surface area contributed by atoms with E-state index in [2.05, 4.69) is 17.1 Å². The minimum Gasteiger partial charge on any atom is -0.480 e. The van der Waals surface area contributed by atoms with Crippen molar-refractivity contribution in [2.75, 3.05) is 19.3 Å². The Balaban J connectivity index is 1.42. The zero-order valence-corrected chi connectivity index (χ0v) is 19.7. The van der Waals surface area contributed by atoms with Gasteiger partial charge >= 0.3 is 6.18 Å². The quantitative estimate of drug-likeness (QED) is 0.601. The summed E-state index contributed by atoms with van der Waals surface area (Å²) in [6.45, 7) is 3.50. The van der Waals surface area contributed by atoms with Crippen LogP contribution in [0.1, 0.15) is 55.2 Å². The number of hydrogen-bond donors (Lipinski definition) is 0. The number of benzene rings is 1. The number of halogens is 3. The third-order valence-electron chi connectivity index (χ3n) is 7.19. The first kappa shape index (κ1) is 23.1. The lowest BCUT2D eigenvalue weighted by atomic mass is 10.1. The Bertz CT molecular complexity index is 1270. The molecule has 1 aliphatic heterocycles. The zero-order valence-electron chi connectivity index (χ0n) is 18.8. The molecule has 8 nitrogen and oxygen atoms in total. The van der Waals surface area contributed by atoms with Crippen LogP contribution >= 0.6 is 0 Å². The van der Waals surface area contributed by atoms with Crippen molar-refractivity contribution < 1.29 is 35.6 Å². The maximum atomic E-state index is 13.4. The van der Waals surface area contributed by atoms with E-state index in [0.29, 0.717) is 18.3 Å². The molecule has 12 heteroatoms. The summed E-state index contributed by atoms with van der Waals surface area (Å²) in [4.78, 5) is 19.3. The van der Waals surface area contributed by atoms with Gasteiger partial charge < -0.3 is 14.2 Å². The molecule has 5 rings (SSSR count). The summed E-state index contributed by atoms with van der Waals surface area (Å²) in [5.74, 6) is 0.318. The van der Waals surface area contributed by atoms with E-state index in [9.17, 15) is 26.4 Å². The molecule has 2 aliphatic carbocycles. The molecule has 2 saturated carbocycles. The van der Waals surface area contributed by atoms with Crippen LogP contribution in [0.25, 0.3) is 0 Å². The van der Waals surface area contributed by atoms with Gasteiger partial charge in [-0.2, -0.15) is 18.2 Å². The molecular formula is C22H24F3N3O5S. The molecule has 34 heavy (non-hydrogen) atoms. The van der Waals surface area contributed by atoms with Crippen molar-refractivity contribution >= 4 is 15.7 Å². The first-order chi connectivity index (χ1) is 15.7. The van der Waals surface area contributed by atoms with Crippen LogP contribution in [-0.2, 0) is 20.7 Å². The van der Waals surface area contributed by atoms with Gasteiger partial charge in [0.25, 0.3) is 5.91 Å². The van der Waals surface area contributed by atoms with Crippen molar-refractivity contribution in [2.24, 2.45) is 5.92 Å². The van der Waals surface area contributed by atoms with Crippen molar-refractivity contribution in [2.45, 2.75) is 61.1 Å². The smallest absolute Gasteiger partial charge is 0.425 e. The van der Waals surface area contributed by atoms with Crippen LogP contribution in [0.5, 0.6) is 5.75 Å². The Morgan fingerprint density at radius 1 is 1.32 bits per heavy atom. The van der Waals surface area contributed by atoms with Crippen molar-refractivity contribution in [3.8, 4) is 5.75 Å². The average molecular weight is 500 g/mol. The molecule has 3 aliphatic rings. The van der Waals surface area contributed by atoms with Gasteiger partial charge in [0.05, 0.1) is 15.9 Å². The van der Waals surface area contributed by atoms with Crippen molar-refractivity contribution in [3.63, 3.8) is 0 Å². The van der Waals surface area contributed by atoms with Gasteiger partial charge in [-0.3, -0.25) is 4.79 Å². The fourth-order valence-electron chi connectivity index (χ4n) is 4.49. The minimum atomic E-state index is -4.65. The van der Waals surface area contributed by atoms with Crippen LogP contribution in [0.3, 0.4) is 0 Å². The van der Waals surface area contributed by atoms with Gasteiger partial charge in [-0.15, -0.1) is 0 Å². The van der Waals surface area contributed by atoms with Gasteiger partial charge in [0.1, 0.15) is 5.75 Å². The lowest BCUT2D eigenvalue weighted by molar-refractivity contribution is -0.189. The first-order valence-corrected chi connectivity index (χ1v) is 12.8. The Morgan fingerprint density at radius 3 is 2.65 bits per heavy atom. The number of fused-ring (bicyclic) bond motifs is 1. The van der Waals surface area contributed by atoms with Crippen LogP contribution in [0.2, 0.25) is 0 Å². The van der Waals surface area contributed by atoms with E-state index < -0.39 is 33.4 Å². The highest BCUT2D eigenvalue weighted by atomic mass is 32.2.